The van der Waals surface area contributed by atoms with Crippen LogP contribution in [0.2, 0.25) is 0 Å². The number of hydrogen-bond donors (Lipinski definition) is 0. The summed E-state index contributed by atoms with van der Waals surface area (Å²) in [6.07, 6.45) is 0. The number of rotatable bonds is 5. The highest BCUT2D eigenvalue weighted by atomic mass is 16.5. The zero-order valence-corrected chi connectivity index (χ0v) is 27.0. The Balaban J connectivity index is 1.18. The summed E-state index contributed by atoms with van der Waals surface area (Å²) in [5.41, 5.74) is 13.9. The van der Waals surface area contributed by atoms with E-state index in [0.29, 0.717) is 0 Å². The van der Waals surface area contributed by atoms with Gasteiger partial charge in [0.15, 0.2) is 11.5 Å². The minimum absolute atomic E-state index is 0.259. The predicted octanol–water partition coefficient (Wildman–Crippen LogP) is 12.7. The topological polar surface area (TPSA) is 15.7 Å². The molecule has 2 aliphatic rings. The van der Waals surface area contributed by atoms with Crippen molar-refractivity contribution in [3.63, 3.8) is 0 Å². The van der Waals surface area contributed by atoms with Gasteiger partial charge in [-0.3, -0.25) is 0 Å². The highest BCUT2D eigenvalue weighted by Crippen LogP contribution is 2.61. The van der Waals surface area contributed by atoms with Crippen LogP contribution in [0.1, 0.15) is 25.0 Å². The Morgan fingerprint density at radius 1 is 0.479 bits per heavy atom. The Bertz CT molecular complexity index is 2270. The van der Waals surface area contributed by atoms with Gasteiger partial charge < -0.3 is 14.5 Å². The molecule has 0 unspecified atom stereocenters. The maximum absolute atomic E-state index is 6.45. The molecule has 0 atom stereocenters. The second-order valence-electron chi connectivity index (χ2n) is 13.0. The first-order valence-electron chi connectivity index (χ1n) is 16.5. The van der Waals surface area contributed by atoms with Crippen LogP contribution < -0.4 is 14.5 Å². The Morgan fingerprint density at radius 2 is 1.04 bits per heavy atom. The van der Waals surface area contributed by atoms with E-state index in [0.717, 1.165) is 39.9 Å². The molecule has 0 aromatic heterocycles. The third kappa shape index (κ3) is 4.43. The Hall–Kier alpha value is -6.06. The van der Waals surface area contributed by atoms with E-state index in [2.05, 4.69) is 187 Å². The fourth-order valence-corrected chi connectivity index (χ4v) is 7.61. The monoisotopic (exact) mass is 618 g/mol. The lowest BCUT2D eigenvalue weighted by Gasteiger charge is -2.45. The lowest BCUT2D eigenvalue weighted by Crippen LogP contribution is -2.32. The molecule has 7 aromatic carbocycles. The van der Waals surface area contributed by atoms with E-state index >= 15 is 0 Å². The summed E-state index contributed by atoms with van der Waals surface area (Å²) in [6, 6.07) is 60.6. The van der Waals surface area contributed by atoms with Crippen molar-refractivity contribution in [2.24, 2.45) is 0 Å². The number of hydrogen-bond acceptors (Lipinski definition) is 3. The molecule has 0 N–H and O–H groups in total. The Labute approximate surface area is 281 Å². The fourth-order valence-electron chi connectivity index (χ4n) is 7.61. The molecule has 0 aliphatic carbocycles. The molecule has 9 rings (SSSR count). The molecule has 2 heterocycles. The van der Waals surface area contributed by atoms with E-state index in [-0.39, 0.29) is 5.41 Å². The number of nitrogens with zero attached hydrogens (tertiary/aromatic N) is 2. The van der Waals surface area contributed by atoms with Crippen LogP contribution in [-0.2, 0) is 5.41 Å². The summed E-state index contributed by atoms with van der Waals surface area (Å²) in [4.78, 5) is 4.72. The second-order valence-corrected chi connectivity index (χ2v) is 13.0. The van der Waals surface area contributed by atoms with Gasteiger partial charge in [0.2, 0.25) is 0 Å². The van der Waals surface area contributed by atoms with Gasteiger partial charge in [-0.25, -0.2) is 0 Å². The van der Waals surface area contributed by atoms with E-state index < -0.39 is 0 Å². The molecule has 0 spiro atoms. The Kier molecular flexibility index (Phi) is 6.48. The second kappa shape index (κ2) is 11.0. The first kappa shape index (κ1) is 28.2. The minimum atomic E-state index is -0.259. The van der Waals surface area contributed by atoms with Crippen molar-refractivity contribution < 1.29 is 4.74 Å². The molecule has 48 heavy (non-hydrogen) atoms. The van der Waals surface area contributed by atoms with Crippen LogP contribution in [0.3, 0.4) is 0 Å². The van der Waals surface area contributed by atoms with Crippen molar-refractivity contribution in [3.8, 4) is 33.8 Å². The van der Waals surface area contributed by atoms with E-state index in [9.17, 15) is 0 Å². The molecule has 230 valence electrons. The summed E-state index contributed by atoms with van der Waals surface area (Å²) in [7, 11) is 0. The van der Waals surface area contributed by atoms with E-state index in [1.54, 1.807) is 0 Å². The van der Waals surface area contributed by atoms with Crippen LogP contribution in [0.15, 0.2) is 170 Å². The molecule has 7 aromatic rings. The van der Waals surface area contributed by atoms with E-state index in [1.807, 2.05) is 6.07 Å². The van der Waals surface area contributed by atoms with Gasteiger partial charge in [0, 0.05) is 22.5 Å². The van der Waals surface area contributed by atoms with Crippen LogP contribution in [-0.4, -0.2) is 0 Å². The third-order valence-electron chi connectivity index (χ3n) is 9.77. The summed E-state index contributed by atoms with van der Waals surface area (Å²) in [5, 5.41) is 0. The molecular weight excluding hydrogens is 585 g/mol. The molecule has 2 aliphatic heterocycles. The van der Waals surface area contributed by atoms with Gasteiger partial charge in [-0.2, -0.15) is 0 Å². The average molecular weight is 619 g/mol. The summed E-state index contributed by atoms with van der Waals surface area (Å²) >= 11 is 0. The summed E-state index contributed by atoms with van der Waals surface area (Å²) in [6.45, 7) is 4.69. The number of anilines is 6. The average Bonchev–Trinajstić information content (AvgIpc) is 3.14. The smallest absolute Gasteiger partial charge is 0.151 e. The number of ether oxygens (including phenoxy) is 1. The van der Waals surface area contributed by atoms with Crippen LogP contribution in [0.5, 0.6) is 11.5 Å². The largest absolute Gasteiger partial charge is 0.453 e. The maximum Gasteiger partial charge on any atom is 0.151 e. The molecular formula is C45H34N2O. The molecule has 0 bridgehead atoms. The Morgan fingerprint density at radius 3 is 1.81 bits per heavy atom. The van der Waals surface area contributed by atoms with Crippen LogP contribution in [0.25, 0.3) is 22.3 Å². The minimum Gasteiger partial charge on any atom is -0.453 e. The van der Waals surface area contributed by atoms with Crippen LogP contribution >= 0.6 is 0 Å². The van der Waals surface area contributed by atoms with Gasteiger partial charge in [-0.05, 0) is 100 Å². The number of para-hydroxylation sites is 5. The van der Waals surface area contributed by atoms with Crippen LogP contribution in [0, 0.1) is 0 Å². The van der Waals surface area contributed by atoms with Crippen molar-refractivity contribution in [2.45, 2.75) is 19.3 Å². The molecule has 0 saturated carbocycles. The summed E-state index contributed by atoms with van der Waals surface area (Å²) < 4.78 is 6.45. The fraction of sp³-hybridized carbons (Fsp3) is 0.0667. The number of benzene rings is 7. The SMILES string of the molecule is CC1(C)c2cccc3c2N(c2ccccc2O3)c2cccc(-c3cccc(-c4cccc(N(c5ccccc5)c5ccccc5)c4)c3)c21. The zero-order chi connectivity index (χ0) is 32.2. The van der Waals surface area contributed by atoms with Crippen molar-refractivity contribution in [3.05, 3.63) is 181 Å². The highest BCUT2D eigenvalue weighted by molar-refractivity contribution is 5.96. The predicted molar refractivity (Wildman–Crippen MR) is 199 cm³/mol. The molecule has 3 nitrogen and oxygen atoms in total. The van der Waals surface area contributed by atoms with Gasteiger partial charge in [0.05, 0.1) is 17.1 Å². The van der Waals surface area contributed by atoms with Gasteiger partial charge in [-0.1, -0.05) is 117 Å². The van der Waals surface area contributed by atoms with Crippen molar-refractivity contribution in [1.29, 1.82) is 0 Å². The molecule has 0 saturated heterocycles. The molecule has 0 fully saturated rings. The van der Waals surface area contributed by atoms with Gasteiger partial charge in [-0.15, -0.1) is 0 Å². The van der Waals surface area contributed by atoms with Gasteiger partial charge in [0.1, 0.15) is 0 Å². The third-order valence-corrected chi connectivity index (χ3v) is 9.77. The van der Waals surface area contributed by atoms with E-state index in [4.69, 9.17) is 4.74 Å². The molecule has 0 amide bonds. The maximum atomic E-state index is 6.45. The number of fused-ring (bicyclic) bond motifs is 4. The van der Waals surface area contributed by atoms with Crippen molar-refractivity contribution >= 4 is 34.1 Å². The molecule has 0 radical (unpaired) electrons. The van der Waals surface area contributed by atoms with E-state index in [1.165, 1.54) is 39.1 Å². The van der Waals surface area contributed by atoms with Gasteiger partial charge >= 0.3 is 0 Å². The zero-order valence-electron chi connectivity index (χ0n) is 27.0. The van der Waals surface area contributed by atoms with Crippen molar-refractivity contribution in [1.82, 2.24) is 0 Å². The van der Waals surface area contributed by atoms with Crippen molar-refractivity contribution in [2.75, 3.05) is 9.80 Å². The highest BCUT2D eigenvalue weighted by Gasteiger charge is 2.42. The molecule has 3 heteroatoms. The lowest BCUT2D eigenvalue weighted by molar-refractivity contribution is 0.471. The quantitative estimate of drug-likeness (QED) is 0.191. The van der Waals surface area contributed by atoms with Gasteiger partial charge in [0.25, 0.3) is 0 Å². The first-order chi connectivity index (χ1) is 23.6. The van der Waals surface area contributed by atoms with Crippen LogP contribution in [0.4, 0.5) is 34.1 Å². The lowest BCUT2D eigenvalue weighted by atomic mass is 9.70. The summed E-state index contributed by atoms with van der Waals surface area (Å²) in [5.74, 6) is 1.78. The normalized spacial score (nSPS) is 13.5. The first-order valence-corrected chi connectivity index (χ1v) is 16.5. The standard InChI is InChI=1S/C45H34N2O/c1-45(2)38-24-14-28-42-44(38)47(39-25-9-10-27-41(39)48-42)40-26-13-23-37(43(40)45)33-17-11-15-31(29-33)32-16-12-22-36(30-32)46(34-18-5-3-6-19-34)35-20-7-4-8-21-35/h3-30H,1-2H3.